The minimum Gasteiger partial charge on any atom is -0.495 e. The number of carbonyl (C=O) groups excluding carboxylic acids is 2. The van der Waals surface area contributed by atoms with Crippen molar-refractivity contribution in [3.8, 4) is 5.75 Å². The third-order valence-corrected chi connectivity index (χ3v) is 4.42. The Bertz CT molecular complexity index is 894. The van der Waals surface area contributed by atoms with E-state index in [0.717, 1.165) is 12.8 Å². The monoisotopic (exact) mass is 368 g/mol. The second kappa shape index (κ2) is 7.90. The lowest BCUT2D eigenvalue weighted by atomic mass is 10.1. The number of carboxylic acids is 1. The Morgan fingerprint density at radius 1 is 1.11 bits per heavy atom. The molecule has 2 N–H and O–H groups in total. The summed E-state index contributed by atoms with van der Waals surface area (Å²) in [6.07, 6.45) is 2.27. The number of methoxy groups -OCH3 is 1. The molecule has 2 aromatic rings. The molecule has 0 aliphatic carbocycles. The fraction of sp³-hybridized carbons (Fsp3) is 0.250. The van der Waals surface area contributed by atoms with Crippen LogP contribution in [0, 0.1) is 0 Å². The lowest BCUT2D eigenvalue weighted by Crippen LogP contribution is -2.35. The van der Waals surface area contributed by atoms with Crippen LogP contribution in [0.2, 0.25) is 0 Å². The Kier molecular flexibility index (Phi) is 5.40. The maximum Gasteiger partial charge on any atom is 0.335 e. The molecule has 1 fully saturated rings. The van der Waals surface area contributed by atoms with Crippen LogP contribution in [-0.2, 0) is 4.79 Å². The molecule has 0 radical (unpaired) electrons. The van der Waals surface area contributed by atoms with Crippen LogP contribution >= 0.6 is 0 Å². The van der Waals surface area contributed by atoms with E-state index in [-0.39, 0.29) is 17.0 Å². The first-order valence-electron chi connectivity index (χ1n) is 8.62. The van der Waals surface area contributed by atoms with Crippen molar-refractivity contribution < 1.29 is 24.2 Å². The largest absolute Gasteiger partial charge is 0.495 e. The maximum absolute atomic E-state index is 12.5. The van der Waals surface area contributed by atoms with Crippen molar-refractivity contribution in [2.24, 2.45) is 0 Å². The van der Waals surface area contributed by atoms with Gasteiger partial charge in [0.05, 0.1) is 18.4 Å². The zero-order chi connectivity index (χ0) is 19.4. The van der Waals surface area contributed by atoms with E-state index in [1.165, 1.54) is 25.3 Å². The highest BCUT2D eigenvalue weighted by molar-refractivity contribution is 6.06. The summed E-state index contributed by atoms with van der Waals surface area (Å²) in [5.74, 6) is -0.951. The molecule has 0 bridgehead atoms. The molecule has 7 heteroatoms. The number of carbonyl (C=O) groups is 3. The van der Waals surface area contributed by atoms with Crippen molar-refractivity contribution in [2.45, 2.75) is 19.3 Å². The second-order valence-corrected chi connectivity index (χ2v) is 6.23. The van der Waals surface area contributed by atoms with E-state index >= 15 is 0 Å². The number of rotatable bonds is 5. The molecule has 3 rings (SSSR count). The van der Waals surface area contributed by atoms with Gasteiger partial charge in [0.1, 0.15) is 5.75 Å². The number of ether oxygens (including phenoxy) is 1. The molecule has 7 nitrogen and oxygen atoms in total. The highest BCUT2D eigenvalue weighted by Crippen LogP contribution is 2.33. The number of hydrogen-bond acceptors (Lipinski definition) is 4. The number of carboxylic acid groups (broad SMARTS) is 1. The summed E-state index contributed by atoms with van der Waals surface area (Å²) in [6.45, 7) is 0.604. The summed E-state index contributed by atoms with van der Waals surface area (Å²) in [4.78, 5) is 37.5. The molecule has 2 amide bonds. The number of amides is 2. The van der Waals surface area contributed by atoms with Crippen LogP contribution in [0.5, 0.6) is 5.75 Å². The van der Waals surface area contributed by atoms with Crippen molar-refractivity contribution in [3.63, 3.8) is 0 Å². The number of hydrogen-bond donors (Lipinski definition) is 2. The number of anilines is 2. The number of piperidine rings is 1. The molecule has 27 heavy (non-hydrogen) atoms. The average Bonchev–Trinajstić information content (AvgIpc) is 2.68. The van der Waals surface area contributed by atoms with E-state index < -0.39 is 11.9 Å². The van der Waals surface area contributed by atoms with E-state index in [4.69, 9.17) is 9.84 Å². The summed E-state index contributed by atoms with van der Waals surface area (Å²) >= 11 is 0. The van der Waals surface area contributed by atoms with Crippen molar-refractivity contribution in [3.05, 3.63) is 53.6 Å². The molecule has 0 atom stereocenters. The Morgan fingerprint density at radius 2 is 1.89 bits per heavy atom. The average molecular weight is 368 g/mol. The second-order valence-electron chi connectivity index (χ2n) is 6.23. The summed E-state index contributed by atoms with van der Waals surface area (Å²) in [5, 5.41) is 11.8. The minimum absolute atomic E-state index is 0.0252. The highest BCUT2D eigenvalue weighted by Gasteiger charge is 2.23. The molecule has 1 saturated heterocycles. The zero-order valence-corrected chi connectivity index (χ0v) is 14.9. The summed E-state index contributed by atoms with van der Waals surface area (Å²) in [7, 11) is 1.53. The molecule has 140 valence electrons. The van der Waals surface area contributed by atoms with E-state index in [2.05, 4.69) is 5.32 Å². The van der Waals surface area contributed by atoms with Gasteiger partial charge in [-0.2, -0.15) is 0 Å². The van der Waals surface area contributed by atoms with Gasteiger partial charge < -0.3 is 20.1 Å². The molecule has 0 saturated carbocycles. The Hall–Kier alpha value is -3.35. The first kappa shape index (κ1) is 18.4. The van der Waals surface area contributed by atoms with Gasteiger partial charge in [0, 0.05) is 24.2 Å². The molecule has 0 spiro atoms. The standard InChI is InChI=1S/C20H20N2O5/c1-27-17-9-8-15(12-16(17)22-10-3-2-7-18(22)23)21-19(24)13-5-4-6-14(11-13)20(25)26/h4-6,8-9,11-12H,2-3,7,10H2,1H3,(H,21,24)(H,25,26). The normalized spacial score (nSPS) is 14.0. The Morgan fingerprint density at radius 3 is 2.59 bits per heavy atom. The first-order chi connectivity index (χ1) is 13.0. The van der Waals surface area contributed by atoms with E-state index in [1.807, 2.05) is 0 Å². The van der Waals surface area contributed by atoms with Crippen molar-refractivity contribution in [1.82, 2.24) is 0 Å². The quantitative estimate of drug-likeness (QED) is 0.845. The topological polar surface area (TPSA) is 95.9 Å². The van der Waals surface area contributed by atoms with Crippen LogP contribution in [0.3, 0.4) is 0 Å². The number of nitrogens with one attached hydrogen (secondary N) is 1. The molecule has 1 aliphatic heterocycles. The predicted molar refractivity (Wildman–Crippen MR) is 101 cm³/mol. The minimum atomic E-state index is -1.10. The molecule has 2 aromatic carbocycles. The molecule has 0 aromatic heterocycles. The van der Waals surface area contributed by atoms with Crippen molar-refractivity contribution >= 4 is 29.2 Å². The predicted octanol–water partition coefficient (Wildman–Crippen LogP) is 3.16. The van der Waals surface area contributed by atoms with Gasteiger partial charge in [0.2, 0.25) is 5.91 Å². The molecule has 0 unspecified atom stereocenters. The van der Waals surface area contributed by atoms with Crippen molar-refractivity contribution in [2.75, 3.05) is 23.9 Å². The van der Waals surface area contributed by atoms with Gasteiger partial charge in [-0.1, -0.05) is 6.07 Å². The van der Waals surface area contributed by atoms with E-state index in [1.54, 1.807) is 29.2 Å². The fourth-order valence-electron chi connectivity index (χ4n) is 3.04. The number of aromatic carboxylic acids is 1. The van der Waals surface area contributed by atoms with Crippen LogP contribution in [-0.4, -0.2) is 36.5 Å². The van der Waals surface area contributed by atoms with Gasteiger partial charge in [0.25, 0.3) is 5.91 Å². The van der Waals surface area contributed by atoms with Gasteiger partial charge in [-0.15, -0.1) is 0 Å². The summed E-state index contributed by atoms with van der Waals surface area (Å²) in [6, 6.07) is 10.9. The smallest absolute Gasteiger partial charge is 0.335 e. The van der Waals surface area contributed by atoms with Gasteiger partial charge in [-0.05, 0) is 49.2 Å². The Balaban J connectivity index is 1.86. The third-order valence-electron chi connectivity index (χ3n) is 4.42. The number of nitrogens with zero attached hydrogens (tertiary/aromatic N) is 1. The van der Waals surface area contributed by atoms with E-state index in [9.17, 15) is 14.4 Å². The van der Waals surface area contributed by atoms with Crippen molar-refractivity contribution in [1.29, 1.82) is 0 Å². The van der Waals surface area contributed by atoms with Crippen LogP contribution in [0.25, 0.3) is 0 Å². The summed E-state index contributed by atoms with van der Waals surface area (Å²) < 4.78 is 5.36. The first-order valence-corrected chi connectivity index (χ1v) is 8.62. The maximum atomic E-state index is 12.5. The Labute approximate surface area is 156 Å². The molecular formula is C20H20N2O5. The van der Waals surface area contributed by atoms with Gasteiger partial charge >= 0.3 is 5.97 Å². The number of benzene rings is 2. The lowest BCUT2D eigenvalue weighted by Gasteiger charge is -2.28. The van der Waals surface area contributed by atoms with E-state index in [0.29, 0.717) is 30.1 Å². The fourth-order valence-corrected chi connectivity index (χ4v) is 3.04. The van der Waals surface area contributed by atoms with Crippen LogP contribution in [0.1, 0.15) is 40.0 Å². The summed E-state index contributed by atoms with van der Waals surface area (Å²) in [5.41, 5.74) is 1.38. The molecule has 1 heterocycles. The van der Waals surface area contributed by atoms with Crippen LogP contribution in [0.15, 0.2) is 42.5 Å². The SMILES string of the molecule is COc1ccc(NC(=O)c2cccc(C(=O)O)c2)cc1N1CCCCC1=O. The van der Waals surface area contributed by atoms with Gasteiger partial charge in [-0.25, -0.2) is 4.79 Å². The molecular weight excluding hydrogens is 348 g/mol. The van der Waals surface area contributed by atoms with Gasteiger partial charge in [-0.3, -0.25) is 9.59 Å². The van der Waals surface area contributed by atoms with Crippen LogP contribution in [0.4, 0.5) is 11.4 Å². The van der Waals surface area contributed by atoms with Crippen LogP contribution < -0.4 is 15.0 Å². The van der Waals surface area contributed by atoms with Gasteiger partial charge in [0.15, 0.2) is 0 Å². The highest BCUT2D eigenvalue weighted by atomic mass is 16.5. The third kappa shape index (κ3) is 4.08. The zero-order valence-electron chi connectivity index (χ0n) is 14.9. The molecule has 1 aliphatic rings. The lowest BCUT2D eigenvalue weighted by molar-refractivity contribution is -0.119.